The molecule has 0 aliphatic heterocycles. The molecule has 0 fully saturated rings. The van der Waals surface area contributed by atoms with Crippen LogP contribution in [0.25, 0.3) is 0 Å². The van der Waals surface area contributed by atoms with Crippen LogP contribution in [0.4, 0.5) is 0 Å². The molecule has 7 nitrogen and oxygen atoms in total. The summed E-state index contributed by atoms with van der Waals surface area (Å²) >= 11 is 0. The fourth-order valence-electron chi connectivity index (χ4n) is 4.04. The van der Waals surface area contributed by atoms with Gasteiger partial charge in [-0.15, -0.1) is 6.58 Å². The van der Waals surface area contributed by atoms with E-state index < -0.39 is 33.7 Å². The molecule has 1 unspecified atom stereocenters. The third-order valence-corrected chi connectivity index (χ3v) is 7.35. The number of rotatable bonds is 26. The summed E-state index contributed by atoms with van der Waals surface area (Å²) in [5.41, 5.74) is 0. The van der Waals surface area contributed by atoms with Crippen molar-refractivity contribution in [3.63, 3.8) is 0 Å². The van der Waals surface area contributed by atoms with Gasteiger partial charge >= 0.3 is 41.5 Å². The van der Waals surface area contributed by atoms with Crippen molar-refractivity contribution in [2.75, 3.05) is 13.2 Å². The second-order valence-electron chi connectivity index (χ2n) is 9.66. The quantitative estimate of drug-likeness (QED) is 0.0523. The zero-order valence-corrected chi connectivity index (χ0v) is 26.5. The second-order valence-corrected chi connectivity index (χ2v) is 11.2. The predicted octanol–water partition coefficient (Wildman–Crippen LogP) is 4.00. The van der Waals surface area contributed by atoms with E-state index in [1.54, 1.807) is 0 Å². The van der Waals surface area contributed by atoms with Gasteiger partial charge in [0.15, 0.2) is 5.25 Å². The van der Waals surface area contributed by atoms with Crippen molar-refractivity contribution in [2.45, 2.75) is 141 Å². The molecule has 0 bridgehead atoms. The van der Waals surface area contributed by atoms with Crippen LogP contribution in [0.15, 0.2) is 12.7 Å². The van der Waals surface area contributed by atoms with Crippen LogP contribution in [0, 0.1) is 0 Å². The minimum absolute atomic E-state index is 0. The molecule has 0 saturated carbocycles. The molecule has 212 valence electrons. The fourth-order valence-corrected chi connectivity index (χ4v) is 4.68. The van der Waals surface area contributed by atoms with Crippen molar-refractivity contribution in [1.29, 1.82) is 0 Å². The molecule has 0 aromatic carbocycles. The number of hydrogen-bond donors (Lipinski definition) is 0. The second kappa shape index (κ2) is 27.2. The maximum atomic E-state index is 11.9. The topological polar surface area (TPSA) is 110 Å². The predicted molar refractivity (Wildman–Crippen MR) is 144 cm³/mol. The molecule has 9 heteroatoms. The standard InChI is InChI=1S/C28H52O7S.Na/c1-3-5-7-8-9-10-11-12-13-14-15-16-17-18-19-20-21-22-24-34-27(29)25-26(36(31,32)33)28(30)35-23-6-4-2;/h4,26H,2-3,5-25H2,1H3,(H,31,32,33);/q;+1/p-1. The van der Waals surface area contributed by atoms with Crippen molar-refractivity contribution in [2.24, 2.45) is 0 Å². The Morgan fingerprint density at radius 3 is 1.51 bits per heavy atom. The smallest absolute Gasteiger partial charge is 0.747 e. The Morgan fingerprint density at radius 1 is 0.730 bits per heavy atom. The van der Waals surface area contributed by atoms with E-state index in [2.05, 4.69) is 13.5 Å². The van der Waals surface area contributed by atoms with Crippen molar-refractivity contribution >= 4 is 22.1 Å². The van der Waals surface area contributed by atoms with Crippen LogP contribution >= 0.6 is 0 Å². The summed E-state index contributed by atoms with van der Waals surface area (Å²) in [6.45, 7) is 5.76. The van der Waals surface area contributed by atoms with Crippen molar-refractivity contribution in [3.05, 3.63) is 12.7 Å². The Hall–Kier alpha value is -0.410. The minimum atomic E-state index is -5.01. The van der Waals surface area contributed by atoms with Gasteiger partial charge in [0.25, 0.3) is 0 Å². The first kappa shape index (κ1) is 38.7. The van der Waals surface area contributed by atoms with Crippen LogP contribution in [-0.2, 0) is 29.2 Å². The Bertz CT molecular complexity index is 667. The van der Waals surface area contributed by atoms with Crippen molar-refractivity contribution in [3.8, 4) is 0 Å². The van der Waals surface area contributed by atoms with Gasteiger partial charge in [-0.25, -0.2) is 8.42 Å². The van der Waals surface area contributed by atoms with E-state index in [4.69, 9.17) is 9.47 Å². The van der Waals surface area contributed by atoms with E-state index in [0.717, 1.165) is 19.3 Å². The third-order valence-electron chi connectivity index (χ3n) is 6.29. The molecule has 0 heterocycles. The molecule has 0 amide bonds. The number of hydrogen-bond acceptors (Lipinski definition) is 7. The summed E-state index contributed by atoms with van der Waals surface area (Å²) in [4.78, 5) is 23.7. The monoisotopic (exact) mass is 554 g/mol. The molecule has 1 atom stereocenters. The Labute approximate surface area is 248 Å². The molecule has 0 N–H and O–H groups in total. The summed E-state index contributed by atoms with van der Waals surface area (Å²) in [7, 11) is -5.01. The van der Waals surface area contributed by atoms with E-state index in [1.807, 2.05) is 0 Å². The van der Waals surface area contributed by atoms with E-state index >= 15 is 0 Å². The van der Waals surface area contributed by atoms with Crippen LogP contribution in [0.2, 0.25) is 0 Å². The van der Waals surface area contributed by atoms with E-state index in [1.165, 1.54) is 96.0 Å². The molecule has 0 spiro atoms. The van der Waals surface area contributed by atoms with Gasteiger partial charge in [0.1, 0.15) is 10.1 Å². The average molecular weight is 555 g/mol. The number of esters is 2. The van der Waals surface area contributed by atoms with Gasteiger partial charge in [-0.3, -0.25) is 9.59 Å². The fraction of sp³-hybridized carbons (Fsp3) is 0.857. The molecule has 0 radical (unpaired) electrons. The number of carbonyl (C=O) groups excluding carboxylic acids is 2. The normalized spacial score (nSPS) is 11.9. The summed E-state index contributed by atoms with van der Waals surface area (Å²) in [6, 6.07) is 0. The van der Waals surface area contributed by atoms with Gasteiger partial charge < -0.3 is 14.0 Å². The average Bonchev–Trinajstić information content (AvgIpc) is 2.83. The number of carbonyl (C=O) groups is 2. The molecule has 0 aliphatic rings. The number of ether oxygens (including phenoxy) is 2. The van der Waals surface area contributed by atoms with Crippen molar-refractivity contribution in [1.82, 2.24) is 0 Å². The molecule has 0 saturated heterocycles. The minimum Gasteiger partial charge on any atom is -0.747 e. The number of unbranched alkanes of at least 4 members (excludes halogenated alkanes) is 17. The SMILES string of the molecule is C=CCCOC(=O)C(CC(=O)OCCCCCCCCCCCCCCCCCCCC)S(=O)(=O)[O-].[Na+]. The van der Waals surface area contributed by atoms with Gasteiger partial charge in [0, 0.05) is 0 Å². The molecule has 0 rings (SSSR count). The van der Waals surface area contributed by atoms with E-state index in [0.29, 0.717) is 12.8 Å². The molecule has 0 aromatic heterocycles. The zero-order valence-electron chi connectivity index (χ0n) is 23.7. The molecule has 37 heavy (non-hydrogen) atoms. The van der Waals surface area contributed by atoms with E-state index in [-0.39, 0.29) is 42.8 Å². The first-order chi connectivity index (χ1) is 17.3. The van der Waals surface area contributed by atoms with Gasteiger partial charge in [-0.1, -0.05) is 122 Å². The Kier molecular flexibility index (Phi) is 28.4. The van der Waals surface area contributed by atoms with Crippen molar-refractivity contribution < 1.29 is 61.6 Å². The molecular formula is C28H51NaO7S. The Balaban J connectivity index is 0. The molecule has 0 aliphatic carbocycles. The van der Waals surface area contributed by atoms with Crippen LogP contribution in [0.5, 0.6) is 0 Å². The zero-order chi connectivity index (χ0) is 26.9. The maximum absolute atomic E-state index is 11.9. The van der Waals surface area contributed by atoms with Gasteiger partial charge in [-0.05, 0) is 12.8 Å². The molecule has 0 aromatic rings. The first-order valence-electron chi connectivity index (χ1n) is 14.2. The van der Waals surface area contributed by atoms with Gasteiger partial charge in [-0.2, -0.15) is 0 Å². The van der Waals surface area contributed by atoms with Crippen LogP contribution in [0.3, 0.4) is 0 Å². The Morgan fingerprint density at radius 2 is 1.14 bits per heavy atom. The van der Waals surface area contributed by atoms with Gasteiger partial charge in [0.05, 0.1) is 19.6 Å². The van der Waals surface area contributed by atoms with Crippen LogP contribution < -0.4 is 29.6 Å². The third kappa shape index (κ3) is 25.6. The molecular weight excluding hydrogens is 503 g/mol. The summed E-state index contributed by atoms with van der Waals surface area (Å²) in [5, 5.41) is -2.07. The summed E-state index contributed by atoms with van der Waals surface area (Å²) in [6.07, 6.45) is 23.7. The van der Waals surface area contributed by atoms with Crippen LogP contribution in [0.1, 0.15) is 135 Å². The van der Waals surface area contributed by atoms with E-state index in [9.17, 15) is 22.6 Å². The largest absolute Gasteiger partial charge is 1.00 e. The van der Waals surface area contributed by atoms with Gasteiger partial charge in [0.2, 0.25) is 0 Å². The maximum Gasteiger partial charge on any atom is 1.00 e. The summed E-state index contributed by atoms with van der Waals surface area (Å²) in [5.74, 6) is -2.11. The van der Waals surface area contributed by atoms with Crippen LogP contribution in [-0.4, -0.2) is 43.4 Å². The first-order valence-corrected chi connectivity index (χ1v) is 15.7. The summed E-state index contributed by atoms with van der Waals surface area (Å²) < 4.78 is 43.6.